The molecule has 2 N–H and O–H groups in total. The van der Waals surface area contributed by atoms with Gasteiger partial charge in [0.15, 0.2) is 9.84 Å². The number of rotatable bonds is 9. The van der Waals surface area contributed by atoms with Gasteiger partial charge in [-0.3, -0.25) is 4.79 Å². The van der Waals surface area contributed by atoms with Crippen molar-refractivity contribution in [3.05, 3.63) is 72.3 Å². The van der Waals surface area contributed by atoms with E-state index in [9.17, 15) is 13.2 Å². The number of carbonyl (C=O) groups is 1. The van der Waals surface area contributed by atoms with Crippen LogP contribution in [0.2, 0.25) is 0 Å². The van der Waals surface area contributed by atoms with Gasteiger partial charge in [0.1, 0.15) is 5.78 Å². The maximum atomic E-state index is 12.6. The normalized spacial score (nSPS) is 11.6. The SMILES string of the molecule is Nc1ccccc1CC(=O)CCCCCS(=O)(=O)c1ccc2ccccc2c1. The molecule has 0 saturated heterocycles. The van der Waals surface area contributed by atoms with E-state index in [1.54, 1.807) is 18.2 Å². The first-order valence-electron chi connectivity index (χ1n) is 9.52. The number of benzene rings is 3. The summed E-state index contributed by atoms with van der Waals surface area (Å²) in [6.07, 6.45) is 2.74. The third-order valence-electron chi connectivity index (χ3n) is 4.89. The van der Waals surface area contributed by atoms with Crippen LogP contribution in [0.1, 0.15) is 31.2 Å². The molecule has 4 nitrogen and oxygen atoms in total. The zero-order valence-electron chi connectivity index (χ0n) is 15.8. The topological polar surface area (TPSA) is 77.2 Å². The van der Waals surface area contributed by atoms with Crippen molar-refractivity contribution in [1.29, 1.82) is 0 Å². The van der Waals surface area contributed by atoms with E-state index in [0.717, 1.165) is 16.3 Å². The molecule has 0 aromatic heterocycles. The molecule has 0 atom stereocenters. The van der Waals surface area contributed by atoms with Crippen LogP contribution in [0.5, 0.6) is 0 Å². The summed E-state index contributed by atoms with van der Waals surface area (Å²) in [6, 6.07) is 20.3. The van der Waals surface area contributed by atoms with Crippen LogP contribution in [-0.4, -0.2) is 20.0 Å². The first kappa shape index (κ1) is 20.1. The highest BCUT2D eigenvalue weighted by Crippen LogP contribution is 2.21. The largest absolute Gasteiger partial charge is 0.398 e. The molecule has 0 heterocycles. The molecule has 0 spiro atoms. The van der Waals surface area contributed by atoms with Crippen molar-refractivity contribution < 1.29 is 13.2 Å². The second kappa shape index (κ2) is 9.02. The first-order chi connectivity index (χ1) is 13.5. The van der Waals surface area contributed by atoms with E-state index in [4.69, 9.17) is 5.73 Å². The van der Waals surface area contributed by atoms with E-state index in [1.165, 1.54) is 0 Å². The van der Waals surface area contributed by atoms with Crippen molar-refractivity contribution in [2.45, 2.75) is 37.0 Å². The molecule has 3 rings (SSSR count). The second-order valence-electron chi connectivity index (χ2n) is 7.05. The molecule has 146 valence electrons. The van der Waals surface area contributed by atoms with Crippen LogP contribution in [0.3, 0.4) is 0 Å². The van der Waals surface area contributed by atoms with Crippen LogP contribution < -0.4 is 5.73 Å². The Morgan fingerprint density at radius 3 is 2.32 bits per heavy atom. The number of hydrogen-bond acceptors (Lipinski definition) is 4. The third kappa shape index (κ3) is 5.20. The van der Waals surface area contributed by atoms with Crippen LogP contribution in [0.15, 0.2) is 71.6 Å². The standard InChI is InChI=1S/C23H25NO3S/c24-23-12-6-5-10-20(23)16-21(25)11-2-1-7-15-28(26,27)22-14-13-18-8-3-4-9-19(18)17-22/h3-6,8-10,12-14,17H,1-2,7,11,15-16,24H2. The van der Waals surface area contributed by atoms with Gasteiger partial charge in [0.2, 0.25) is 0 Å². The lowest BCUT2D eigenvalue weighted by Crippen LogP contribution is -2.08. The van der Waals surface area contributed by atoms with E-state index in [2.05, 4.69) is 0 Å². The summed E-state index contributed by atoms with van der Waals surface area (Å²) in [5, 5.41) is 1.95. The molecule has 0 aliphatic rings. The molecule has 28 heavy (non-hydrogen) atoms. The minimum absolute atomic E-state index is 0.102. The average molecular weight is 396 g/mol. The Balaban J connectivity index is 1.46. The van der Waals surface area contributed by atoms with Crippen LogP contribution in [0.25, 0.3) is 10.8 Å². The molecule has 0 aliphatic carbocycles. The van der Waals surface area contributed by atoms with Crippen LogP contribution >= 0.6 is 0 Å². The Bertz CT molecular complexity index is 1070. The van der Waals surface area contributed by atoms with Crippen molar-refractivity contribution in [2.75, 3.05) is 11.5 Å². The van der Waals surface area contributed by atoms with E-state index in [-0.39, 0.29) is 11.5 Å². The second-order valence-corrected chi connectivity index (χ2v) is 9.16. The summed E-state index contributed by atoms with van der Waals surface area (Å²) in [5.41, 5.74) is 7.35. The molecule has 0 aliphatic heterocycles. The van der Waals surface area contributed by atoms with Gasteiger partial charge in [-0.1, -0.05) is 55.0 Å². The minimum atomic E-state index is -3.31. The number of carbonyl (C=O) groups excluding carboxylic acids is 1. The van der Waals surface area contributed by atoms with Crippen LogP contribution in [-0.2, 0) is 21.1 Å². The number of nitrogens with two attached hydrogens (primary N) is 1. The van der Waals surface area contributed by atoms with Gasteiger partial charge in [-0.15, -0.1) is 0 Å². The summed E-state index contributed by atoms with van der Waals surface area (Å²) in [6.45, 7) is 0. The van der Waals surface area contributed by atoms with Gasteiger partial charge in [-0.2, -0.15) is 0 Å². The lowest BCUT2D eigenvalue weighted by molar-refractivity contribution is -0.118. The van der Waals surface area contributed by atoms with Gasteiger partial charge in [0.25, 0.3) is 0 Å². The molecule has 0 saturated carbocycles. The van der Waals surface area contributed by atoms with Gasteiger partial charge in [-0.05, 0) is 47.4 Å². The highest BCUT2D eigenvalue weighted by atomic mass is 32.2. The smallest absolute Gasteiger partial charge is 0.178 e. The van der Waals surface area contributed by atoms with Crippen molar-refractivity contribution in [2.24, 2.45) is 0 Å². The number of Topliss-reactive ketones (excluding diaryl/α,β-unsaturated/α-hetero) is 1. The number of sulfone groups is 1. The van der Waals surface area contributed by atoms with E-state index in [0.29, 0.717) is 42.7 Å². The van der Waals surface area contributed by atoms with Crippen molar-refractivity contribution in [3.8, 4) is 0 Å². The predicted molar refractivity (Wildman–Crippen MR) is 114 cm³/mol. The molecule has 0 fully saturated rings. The van der Waals surface area contributed by atoms with Gasteiger partial charge < -0.3 is 5.73 Å². The molecule has 3 aromatic carbocycles. The van der Waals surface area contributed by atoms with Gasteiger partial charge in [0.05, 0.1) is 10.6 Å². The lowest BCUT2D eigenvalue weighted by atomic mass is 10.0. The Kier molecular flexibility index (Phi) is 6.47. The first-order valence-corrected chi connectivity index (χ1v) is 11.2. The maximum absolute atomic E-state index is 12.6. The highest BCUT2D eigenvalue weighted by molar-refractivity contribution is 7.91. The third-order valence-corrected chi connectivity index (χ3v) is 6.69. The fraction of sp³-hybridized carbons (Fsp3) is 0.261. The molecule has 0 bridgehead atoms. The van der Waals surface area contributed by atoms with Crippen molar-refractivity contribution in [1.82, 2.24) is 0 Å². The number of hydrogen-bond donors (Lipinski definition) is 1. The summed E-state index contributed by atoms with van der Waals surface area (Å²) < 4.78 is 25.1. The molecular formula is C23H25NO3S. The fourth-order valence-electron chi connectivity index (χ4n) is 3.27. The summed E-state index contributed by atoms with van der Waals surface area (Å²) in [5.74, 6) is 0.237. The number of anilines is 1. The number of nitrogen functional groups attached to an aromatic ring is 1. The van der Waals surface area contributed by atoms with Crippen LogP contribution in [0.4, 0.5) is 5.69 Å². The zero-order chi connectivity index (χ0) is 20.0. The molecule has 0 unspecified atom stereocenters. The van der Waals surface area contributed by atoms with Gasteiger partial charge >= 0.3 is 0 Å². The maximum Gasteiger partial charge on any atom is 0.178 e. The van der Waals surface area contributed by atoms with Crippen LogP contribution in [0, 0.1) is 0 Å². The fourth-order valence-corrected chi connectivity index (χ4v) is 4.67. The monoisotopic (exact) mass is 395 g/mol. The number of para-hydroxylation sites is 1. The molecule has 0 amide bonds. The summed E-state index contributed by atoms with van der Waals surface area (Å²) in [7, 11) is -3.31. The minimum Gasteiger partial charge on any atom is -0.398 e. The Morgan fingerprint density at radius 1 is 0.821 bits per heavy atom. The quantitative estimate of drug-likeness (QED) is 0.425. The molecule has 3 aromatic rings. The molecular weight excluding hydrogens is 370 g/mol. The van der Waals surface area contributed by atoms with Crippen molar-refractivity contribution >= 4 is 32.1 Å². The van der Waals surface area contributed by atoms with E-state index < -0.39 is 9.84 Å². The van der Waals surface area contributed by atoms with E-state index in [1.807, 2.05) is 48.5 Å². The highest BCUT2D eigenvalue weighted by Gasteiger charge is 2.14. The number of unbranched alkanes of at least 4 members (excludes halogenated alkanes) is 2. The molecule has 5 heteroatoms. The Morgan fingerprint density at radius 2 is 1.54 bits per heavy atom. The summed E-state index contributed by atoms with van der Waals surface area (Å²) in [4.78, 5) is 12.5. The van der Waals surface area contributed by atoms with Crippen molar-refractivity contribution in [3.63, 3.8) is 0 Å². The Labute approximate surface area is 166 Å². The molecule has 0 radical (unpaired) electrons. The number of ketones is 1. The number of fused-ring (bicyclic) bond motifs is 1. The Hall–Kier alpha value is -2.66. The predicted octanol–water partition coefficient (Wildman–Crippen LogP) is 4.57. The van der Waals surface area contributed by atoms with E-state index >= 15 is 0 Å². The average Bonchev–Trinajstić information content (AvgIpc) is 2.69. The lowest BCUT2D eigenvalue weighted by Gasteiger charge is -2.07. The van der Waals surface area contributed by atoms with Gasteiger partial charge in [-0.25, -0.2) is 8.42 Å². The van der Waals surface area contributed by atoms with Gasteiger partial charge in [0, 0.05) is 18.5 Å². The zero-order valence-corrected chi connectivity index (χ0v) is 16.6. The summed E-state index contributed by atoms with van der Waals surface area (Å²) >= 11 is 0.